The van der Waals surface area contributed by atoms with Crippen LogP contribution in [0.25, 0.3) is 11.5 Å². The van der Waals surface area contributed by atoms with Crippen LogP contribution in [0.15, 0.2) is 59.0 Å². The van der Waals surface area contributed by atoms with Crippen molar-refractivity contribution in [3.8, 4) is 23.0 Å². The summed E-state index contributed by atoms with van der Waals surface area (Å²) < 4.78 is 21.5. The van der Waals surface area contributed by atoms with Gasteiger partial charge in [0.1, 0.15) is 29.6 Å². The van der Waals surface area contributed by atoms with E-state index in [-0.39, 0.29) is 25.6 Å². The number of oxazole rings is 1. The normalized spacial score (nSPS) is 10.4. The van der Waals surface area contributed by atoms with E-state index in [9.17, 15) is 4.79 Å². The third kappa shape index (κ3) is 5.10. The van der Waals surface area contributed by atoms with Crippen LogP contribution in [0, 0.1) is 6.92 Å². The standard InChI is InChI=1S/C21H21NO5/c1-15-19(22-21(27-15)16-6-4-3-5-7-16)14-26-20(23)12-13-25-18-10-8-17(24-2)9-11-18/h3-11H,12-14H2,1-2H3. The number of ether oxygens (including phenoxy) is 3. The SMILES string of the molecule is COc1ccc(OCCC(=O)OCc2nc(-c3ccccc3)oc2C)cc1. The number of nitrogens with zero attached hydrogens (tertiary/aromatic N) is 1. The Morgan fingerprint density at radius 2 is 1.74 bits per heavy atom. The summed E-state index contributed by atoms with van der Waals surface area (Å²) in [6.07, 6.45) is 0.147. The first kappa shape index (κ1) is 18.5. The molecule has 27 heavy (non-hydrogen) atoms. The summed E-state index contributed by atoms with van der Waals surface area (Å²) in [7, 11) is 1.60. The Bertz CT molecular complexity index is 871. The van der Waals surface area contributed by atoms with Crippen molar-refractivity contribution in [1.29, 1.82) is 0 Å². The van der Waals surface area contributed by atoms with Crippen molar-refractivity contribution in [3.63, 3.8) is 0 Å². The fourth-order valence-electron chi connectivity index (χ4n) is 2.41. The van der Waals surface area contributed by atoms with E-state index in [2.05, 4.69) is 4.98 Å². The van der Waals surface area contributed by atoms with Gasteiger partial charge < -0.3 is 18.6 Å². The second-order valence-corrected chi connectivity index (χ2v) is 5.82. The largest absolute Gasteiger partial charge is 0.497 e. The third-order valence-corrected chi connectivity index (χ3v) is 3.92. The predicted octanol–water partition coefficient (Wildman–Crippen LogP) is 4.17. The lowest BCUT2D eigenvalue weighted by atomic mass is 10.2. The number of hydrogen-bond acceptors (Lipinski definition) is 6. The lowest BCUT2D eigenvalue weighted by Gasteiger charge is -2.07. The van der Waals surface area contributed by atoms with Gasteiger partial charge in [-0.05, 0) is 43.3 Å². The zero-order valence-electron chi connectivity index (χ0n) is 15.3. The summed E-state index contributed by atoms with van der Waals surface area (Å²) in [6.45, 7) is 2.11. The van der Waals surface area contributed by atoms with Crippen LogP contribution in [0.5, 0.6) is 11.5 Å². The number of methoxy groups -OCH3 is 1. The van der Waals surface area contributed by atoms with Crippen LogP contribution >= 0.6 is 0 Å². The molecule has 0 spiro atoms. The van der Waals surface area contributed by atoms with Gasteiger partial charge in [0.15, 0.2) is 0 Å². The summed E-state index contributed by atoms with van der Waals surface area (Å²) in [5, 5.41) is 0. The molecule has 3 aromatic rings. The number of aromatic nitrogens is 1. The Labute approximate surface area is 157 Å². The summed E-state index contributed by atoms with van der Waals surface area (Å²) in [4.78, 5) is 16.3. The van der Waals surface area contributed by atoms with Gasteiger partial charge in [-0.15, -0.1) is 0 Å². The van der Waals surface area contributed by atoms with Gasteiger partial charge in [-0.1, -0.05) is 18.2 Å². The number of aryl methyl sites for hydroxylation is 1. The number of carbonyl (C=O) groups is 1. The molecule has 0 aliphatic rings. The number of hydrogen-bond donors (Lipinski definition) is 0. The maximum absolute atomic E-state index is 11.9. The Hall–Kier alpha value is -3.28. The predicted molar refractivity (Wildman–Crippen MR) is 99.6 cm³/mol. The first-order chi connectivity index (χ1) is 13.2. The summed E-state index contributed by atoms with van der Waals surface area (Å²) in [5.74, 6) is 2.22. The van der Waals surface area contributed by atoms with Crippen molar-refractivity contribution < 1.29 is 23.4 Å². The Kier molecular flexibility index (Phi) is 6.10. The number of carbonyl (C=O) groups excluding carboxylic acids is 1. The Morgan fingerprint density at radius 1 is 1.04 bits per heavy atom. The molecule has 0 N–H and O–H groups in total. The topological polar surface area (TPSA) is 70.8 Å². The summed E-state index contributed by atoms with van der Waals surface area (Å²) in [6, 6.07) is 16.7. The molecule has 0 radical (unpaired) electrons. The minimum atomic E-state index is -0.354. The first-order valence-electron chi connectivity index (χ1n) is 8.60. The zero-order chi connectivity index (χ0) is 19.1. The number of benzene rings is 2. The fraction of sp³-hybridized carbons (Fsp3) is 0.238. The molecule has 1 aromatic heterocycles. The quantitative estimate of drug-likeness (QED) is 0.557. The van der Waals surface area contributed by atoms with Crippen LogP contribution in [0.1, 0.15) is 17.9 Å². The lowest BCUT2D eigenvalue weighted by molar-refractivity contribution is -0.145. The monoisotopic (exact) mass is 367 g/mol. The van der Waals surface area contributed by atoms with Gasteiger partial charge in [0.25, 0.3) is 0 Å². The molecule has 0 aliphatic carbocycles. The van der Waals surface area contributed by atoms with E-state index < -0.39 is 0 Å². The summed E-state index contributed by atoms with van der Waals surface area (Å²) in [5.41, 5.74) is 1.49. The molecule has 3 rings (SSSR count). The van der Waals surface area contributed by atoms with E-state index in [0.29, 0.717) is 23.1 Å². The molecule has 0 amide bonds. The maximum atomic E-state index is 11.9. The highest BCUT2D eigenvalue weighted by atomic mass is 16.5. The Morgan fingerprint density at radius 3 is 2.44 bits per heavy atom. The molecular formula is C21H21NO5. The van der Waals surface area contributed by atoms with Crippen LogP contribution in [-0.4, -0.2) is 24.7 Å². The molecule has 6 heteroatoms. The van der Waals surface area contributed by atoms with E-state index in [4.69, 9.17) is 18.6 Å². The average molecular weight is 367 g/mol. The second kappa shape index (κ2) is 8.89. The first-order valence-corrected chi connectivity index (χ1v) is 8.60. The third-order valence-electron chi connectivity index (χ3n) is 3.92. The molecule has 0 unspecified atom stereocenters. The van der Waals surface area contributed by atoms with Crippen molar-refractivity contribution >= 4 is 5.97 Å². The van der Waals surface area contributed by atoms with Crippen molar-refractivity contribution in [1.82, 2.24) is 4.98 Å². The molecule has 0 saturated carbocycles. The van der Waals surface area contributed by atoms with Gasteiger partial charge in [-0.25, -0.2) is 4.98 Å². The molecule has 2 aromatic carbocycles. The van der Waals surface area contributed by atoms with Crippen LogP contribution in [0.2, 0.25) is 0 Å². The molecule has 140 valence electrons. The van der Waals surface area contributed by atoms with E-state index >= 15 is 0 Å². The molecule has 0 fully saturated rings. The molecule has 0 saturated heterocycles. The van der Waals surface area contributed by atoms with Crippen molar-refractivity contribution in [3.05, 3.63) is 66.1 Å². The van der Waals surface area contributed by atoms with Crippen LogP contribution in [-0.2, 0) is 16.1 Å². The molecule has 0 aliphatic heterocycles. The zero-order valence-corrected chi connectivity index (χ0v) is 15.3. The van der Waals surface area contributed by atoms with Gasteiger partial charge in [0.05, 0.1) is 20.1 Å². The van der Waals surface area contributed by atoms with Gasteiger partial charge in [0.2, 0.25) is 5.89 Å². The Balaban J connectivity index is 1.45. The maximum Gasteiger partial charge on any atom is 0.309 e. The average Bonchev–Trinajstić information content (AvgIpc) is 3.08. The highest BCUT2D eigenvalue weighted by Gasteiger charge is 2.13. The van der Waals surface area contributed by atoms with Crippen molar-refractivity contribution in [2.75, 3.05) is 13.7 Å². The smallest absolute Gasteiger partial charge is 0.309 e. The van der Waals surface area contributed by atoms with Crippen LogP contribution < -0.4 is 9.47 Å². The fourth-order valence-corrected chi connectivity index (χ4v) is 2.41. The molecule has 1 heterocycles. The van der Waals surface area contributed by atoms with E-state index in [0.717, 1.165) is 11.3 Å². The number of rotatable bonds is 8. The van der Waals surface area contributed by atoms with E-state index in [1.54, 1.807) is 38.3 Å². The highest BCUT2D eigenvalue weighted by molar-refractivity contribution is 5.69. The van der Waals surface area contributed by atoms with Crippen molar-refractivity contribution in [2.45, 2.75) is 20.0 Å². The van der Waals surface area contributed by atoms with Gasteiger partial charge in [-0.2, -0.15) is 0 Å². The lowest BCUT2D eigenvalue weighted by Crippen LogP contribution is -2.10. The molecule has 6 nitrogen and oxygen atoms in total. The second-order valence-electron chi connectivity index (χ2n) is 5.82. The van der Waals surface area contributed by atoms with Gasteiger partial charge in [0, 0.05) is 5.56 Å². The minimum absolute atomic E-state index is 0.0730. The molecule has 0 atom stereocenters. The highest BCUT2D eigenvalue weighted by Crippen LogP contribution is 2.22. The van der Waals surface area contributed by atoms with Crippen LogP contribution in [0.3, 0.4) is 0 Å². The van der Waals surface area contributed by atoms with Crippen LogP contribution in [0.4, 0.5) is 0 Å². The summed E-state index contributed by atoms with van der Waals surface area (Å²) >= 11 is 0. The molecular weight excluding hydrogens is 346 g/mol. The molecule has 0 bridgehead atoms. The minimum Gasteiger partial charge on any atom is -0.497 e. The van der Waals surface area contributed by atoms with Gasteiger partial charge in [-0.3, -0.25) is 4.79 Å². The van der Waals surface area contributed by atoms with E-state index in [1.807, 2.05) is 30.3 Å². The van der Waals surface area contributed by atoms with Crippen molar-refractivity contribution in [2.24, 2.45) is 0 Å². The van der Waals surface area contributed by atoms with Gasteiger partial charge >= 0.3 is 5.97 Å². The van der Waals surface area contributed by atoms with E-state index in [1.165, 1.54) is 0 Å². The number of esters is 1.